The number of ether oxygens (including phenoxy) is 1. The lowest BCUT2D eigenvalue weighted by atomic mass is 9.85. The van der Waals surface area contributed by atoms with Crippen molar-refractivity contribution in [2.45, 2.75) is 51.3 Å². The molecule has 23 heavy (non-hydrogen) atoms. The molecule has 1 heterocycles. The average molecular weight is 311 g/mol. The minimum Gasteiger partial charge on any atom is -0.366 e. The Hall–Kier alpha value is -1.68. The molecule has 1 aliphatic rings. The van der Waals surface area contributed by atoms with Gasteiger partial charge in [-0.1, -0.05) is 60.7 Å². The Bertz CT molecular complexity index is 631. The third kappa shape index (κ3) is 2.92. The molecular weight excluding hydrogens is 286 g/mol. The summed E-state index contributed by atoms with van der Waals surface area (Å²) >= 11 is 0. The van der Waals surface area contributed by atoms with E-state index in [1.54, 1.807) is 0 Å². The molecule has 122 valence electrons. The molecule has 3 nitrogen and oxygen atoms in total. The van der Waals surface area contributed by atoms with Crippen LogP contribution in [0.3, 0.4) is 0 Å². The third-order valence-electron chi connectivity index (χ3n) is 5.15. The van der Waals surface area contributed by atoms with Gasteiger partial charge in [0.1, 0.15) is 0 Å². The van der Waals surface area contributed by atoms with Crippen molar-refractivity contribution in [3.8, 4) is 0 Å². The van der Waals surface area contributed by atoms with Gasteiger partial charge in [-0.05, 0) is 31.9 Å². The average Bonchev–Trinajstić information content (AvgIpc) is 2.59. The van der Waals surface area contributed by atoms with Crippen LogP contribution in [0.5, 0.6) is 0 Å². The normalized spacial score (nSPS) is 31.9. The van der Waals surface area contributed by atoms with E-state index in [2.05, 4.69) is 55.1 Å². The fourth-order valence-corrected chi connectivity index (χ4v) is 3.44. The van der Waals surface area contributed by atoms with E-state index in [0.29, 0.717) is 0 Å². The van der Waals surface area contributed by atoms with E-state index in [-0.39, 0.29) is 12.1 Å². The van der Waals surface area contributed by atoms with E-state index in [9.17, 15) is 5.11 Å². The Morgan fingerprint density at radius 3 is 2.17 bits per heavy atom. The van der Waals surface area contributed by atoms with Crippen LogP contribution in [0.2, 0.25) is 0 Å². The zero-order valence-corrected chi connectivity index (χ0v) is 14.0. The topological polar surface area (TPSA) is 32.7 Å². The Morgan fingerprint density at radius 2 is 1.57 bits per heavy atom. The quantitative estimate of drug-likeness (QED) is 0.941. The van der Waals surface area contributed by atoms with Crippen molar-refractivity contribution in [3.63, 3.8) is 0 Å². The monoisotopic (exact) mass is 311 g/mol. The minimum absolute atomic E-state index is 0.0227. The largest absolute Gasteiger partial charge is 0.366 e. The maximum absolute atomic E-state index is 10.8. The summed E-state index contributed by atoms with van der Waals surface area (Å²) in [6.07, 6.45) is -0.884. The van der Waals surface area contributed by atoms with Crippen LogP contribution in [-0.4, -0.2) is 28.4 Å². The molecule has 2 aromatic rings. The molecule has 1 aliphatic heterocycles. The summed E-state index contributed by atoms with van der Waals surface area (Å²) in [4.78, 5) is 2.36. The number of aliphatic hydroxyl groups excluding tert-OH is 1. The Labute approximate surface area is 138 Å². The summed E-state index contributed by atoms with van der Waals surface area (Å²) in [6.45, 7) is 7.04. The standard InChI is InChI=1S/C20H25NO2/c1-15-16(2)23-19(22)20(3,18-12-8-5-9-13-18)21(15)14-17-10-6-4-7-11-17/h4-13,15-16,19,22H,14H2,1-3H3/t15?,16?,19?,20-/m0/s1. The van der Waals surface area contributed by atoms with Gasteiger partial charge in [0.15, 0.2) is 6.29 Å². The predicted octanol–water partition coefficient (Wildman–Crippen LogP) is 3.53. The fourth-order valence-electron chi connectivity index (χ4n) is 3.44. The van der Waals surface area contributed by atoms with Crippen molar-refractivity contribution in [1.82, 2.24) is 4.90 Å². The predicted molar refractivity (Wildman–Crippen MR) is 91.8 cm³/mol. The van der Waals surface area contributed by atoms with Gasteiger partial charge >= 0.3 is 0 Å². The summed E-state index contributed by atoms with van der Waals surface area (Å²) in [5.74, 6) is 0. The van der Waals surface area contributed by atoms with Crippen LogP contribution in [0.25, 0.3) is 0 Å². The van der Waals surface area contributed by atoms with E-state index in [4.69, 9.17) is 4.74 Å². The molecule has 2 aromatic carbocycles. The third-order valence-corrected chi connectivity index (χ3v) is 5.15. The highest BCUT2D eigenvalue weighted by molar-refractivity contribution is 5.27. The molecule has 0 bridgehead atoms. The van der Waals surface area contributed by atoms with Crippen molar-refractivity contribution in [2.24, 2.45) is 0 Å². The van der Waals surface area contributed by atoms with Gasteiger partial charge in [0.05, 0.1) is 11.6 Å². The lowest BCUT2D eigenvalue weighted by molar-refractivity contribution is -0.268. The van der Waals surface area contributed by atoms with Gasteiger partial charge in [-0.25, -0.2) is 0 Å². The van der Waals surface area contributed by atoms with Gasteiger partial charge in [-0.3, -0.25) is 4.90 Å². The van der Waals surface area contributed by atoms with Crippen LogP contribution in [0, 0.1) is 0 Å². The highest BCUT2D eigenvalue weighted by Crippen LogP contribution is 2.40. The maximum Gasteiger partial charge on any atom is 0.177 e. The number of hydrogen-bond donors (Lipinski definition) is 1. The van der Waals surface area contributed by atoms with E-state index < -0.39 is 11.8 Å². The van der Waals surface area contributed by atoms with Crippen molar-refractivity contribution in [1.29, 1.82) is 0 Å². The second-order valence-corrected chi connectivity index (χ2v) is 6.56. The first-order valence-corrected chi connectivity index (χ1v) is 8.23. The summed E-state index contributed by atoms with van der Waals surface area (Å²) in [7, 11) is 0. The Balaban J connectivity index is 2.02. The molecule has 0 amide bonds. The smallest absolute Gasteiger partial charge is 0.177 e. The SMILES string of the molecule is CC1OC(O)[C@](C)(c2ccccc2)N(Cc2ccccc2)C1C. The van der Waals surface area contributed by atoms with Crippen LogP contribution >= 0.6 is 0 Å². The first-order chi connectivity index (χ1) is 11.0. The van der Waals surface area contributed by atoms with Gasteiger partial charge in [0.25, 0.3) is 0 Å². The van der Waals surface area contributed by atoms with Crippen LogP contribution in [0.4, 0.5) is 0 Å². The minimum atomic E-state index is -0.861. The zero-order valence-electron chi connectivity index (χ0n) is 14.0. The van der Waals surface area contributed by atoms with Crippen LogP contribution in [0.1, 0.15) is 31.9 Å². The lowest BCUT2D eigenvalue weighted by Gasteiger charge is -2.53. The highest BCUT2D eigenvalue weighted by atomic mass is 16.6. The van der Waals surface area contributed by atoms with Gasteiger partial charge < -0.3 is 9.84 Å². The molecule has 1 saturated heterocycles. The second kappa shape index (κ2) is 6.44. The number of aliphatic hydroxyl groups is 1. The first kappa shape index (κ1) is 16.2. The van der Waals surface area contributed by atoms with Gasteiger partial charge in [0, 0.05) is 12.6 Å². The van der Waals surface area contributed by atoms with Gasteiger partial charge in [0.2, 0.25) is 0 Å². The van der Waals surface area contributed by atoms with E-state index in [1.165, 1.54) is 5.56 Å². The molecule has 0 spiro atoms. The van der Waals surface area contributed by atoms with Crippen molar-refractivity contribution >= 4 is 0 Å². The Kier molecular flexibility index (Phi) is 4.53. The number of hydrogen-bond acceptors (Lipinski definition) is 3. The first-order valence-electron chi connectivity index (χ1n) is 8.23. The van der Waals surface area contributed by atoms with E-state index in [1.807, 2.05) is 31.2 Å². The van der Waals surface area contributed by atoms with Crippen molar-refractivity contribution < 1.29 is 9.84 Å². The summed E-state index contributed by atoms with van der Waals surface area (Å²) in [5.41, 5.74) is 1.73. The van der Waals surface area contributed by atoms with Crippen LogP contribution in [-0.2, 0) is 16.8 Å². The number of morpholine rings is 1. The van der Waals surface area contributed by atoms with Crippen molar-refractivity contribution in [2.75, 3.05) is 0 Å². The number of benzene rings is 2. The molecule has 3 rings (SSSR count). The second-order valence-electron chi connectivity index (χ2n) is 6.56. The number of rotatable bonds is 3. The van der Waals surface area contributed by atoms with E-state index in [0.717, 1.165) is 12.1 Å². The van der Waals surface area contributed by atoms with Gasteiger partial charge in [-0.15, -0.1) is 0 Å². The summed E-state index contributed by atoms with van der Waals surface area (Å²) in [6, 6.07) is 20.7. The molecule has 0 saturated carbocycles. The van der Waals surface area contributed by atoms with Crippen LogP contribution in [0.15, 0.2) is 60.7 Å². The molecule has 1 N–H and O–H groups in total. The molecule has 0 aliphatic carbocycles. The molecule has 1 fully saturated rings. The summed E-state index contributed by atoms with van der Waals surface area (Å²) < 4.78 is 5.85. The highest BCUT2D eigenvalue weighted by Gasteiger charge is 2.49. The maximum atomic E-state index is 10.8. The molecule has 3 heteroatoms. The Morgan fingerprint density at radius 1 is 1.00 bits per heavy atom. The fraction of sp³-hybridized carbons (Fsp3) is 0.400. The van der Waals surface area contributed by atoms with E-state index >= 15 is 0 Å². The van der Waals surface area contributed by atoms with Crippen molar-refractivity contribution in [3.05, 3.63) is 71.8 Å². The van der Waals surface area contributed by atoms with Gasteiger partial charge in [-0.2, -0.15) is 0 Å². The number of nitrogens with zero attached hydrogens (tertiary/aromatic N) is 1. The molecular formula is C20H25NO2. The molecule has 0 radical (unpaired) electrons. The lowest BCUT2D eigenvalue weighted by Crippen LogP contribution is -2.63. The summed E-state index contributed by atoms with van der Waals surface area (Å²) in [5, 5.41) is 10.8. The molecule has 4 atom stereocenters. The molecule has 3 unspecified atom stereocenters. The zero-order chi connectivity index (χ0) is 16.4. The van der Waals surface area contributed by atoms with Crippen LogP contribution < -0.4 is 0 Å². The molecule has 0 aromatic heterocycles.